The summed E-state index contributed by atoms with van der Waals surface area (Å²) in [5.74, 6) is 0.351. The van der Waals surface area contributed by atoms with Crippen molar-refractivity contribution >= 4 is 11.6 Å². The van der Waals surface area contributed by atoms with Gasteiger partial charge in [0.15, 0.2) is 11.5 Å². The standard InChI is InChI=1S/C16H14FNO3/c1-10-15(21-14-8-3-2-7-13(14)20-10)16(19)18-12-6-4-5-11(17)9-12/h2-10,15H,1H3,(H,18,19)/t10-,15-/m1/s1. The molecule has 21 heavy (non-hydrogen) atoms. The van der Waals surface area contributed by atoms with Gasteiger partial charge in [0.05, 0.1) is 0 Å². The fourth-order valence-corrected chi connectivity index (χ4v) is 2.19. The van der Waals surface area contributed by atoms with Crippen molar-refractivity contribution in [1.82, 2.24) is 0 Å². The van der Waals surface area contributed by atoms with Crippen molar-refractivity contribution < 1.29 is 18.7 Å². The minimum Gasteiger partial charge on any atom is -0.482 e. The van der Waals surface area contributed by atoms with Gasteiger partial charge >= 0.3 is 0 Å². The maximum Gasteiger partial charge on any atom is 0.269 e. The number of carbonyl (C=O) groups excluding carboxylic acids is 1. The van der Waals surface area contributed by atoms with Crippen LogP contribution in [0.25, 0.3) is 0 Å². The van der Waals surface area contributed by atoms with Gasteiger partial charge in [-0.1, -0.05) is 18.2 Å². The summed E-state index contributed by atoms with van der Waals surface area (Å²) in [5.41, 5.74) is 0.384. The lowest BCUT2D eigenvalue weighted by molar-refractivity contribution is -0.128. The number of nitrogens with one attached hydrogen (secondary N) is 1. The van der Waals surface area contributed by atoms with Crippen LogP contribution in [0.5, 0.6) is 11.5 Å². The maximum atomic E-state index is 13.1. The van der Waals surface area contributed by atoms with Crippen molar-refractivity contribution in [3.05, 3.63) is 54.3 Å². The van der Waals surface area contributed by atoms with Crippen molar-refractivity contribution in [3.63, 3.8) is 0 Å². The highest BCUT2D eigenvalue weighted by atomic mass is 19.1. The number of benzene rings is 2. The number of halogens is 1. The molecule has 0 aromatic heterocycles. The van der Waals surface area contributed by atoms with Crippen LogP contribution in [0.4, 0.5) is 10.1 Å². The number of anilines is 1. The molecular formula is C16H14FNO3. The monoisotopic (exact) mass is 287 g/mol. The number of carbonyl (C=O) groups is 1. The Hall–Kier alpha value is -2.56. The first-order valence-corrected chi connectivity index (χ1v) is 6.62. The molecule has 0 fully saturated rings. The zero-order valence-electron chi connectivity index (χ0n) is 11.4. The van der Waals surface area contributed by atoms with Gasteiger partial charge in [0.1, 0.15) is 11.9 Å². The Labute approximate surface area is 121 Å². The highest BCUT2D eigenvalue weighted by molar-refractivity contribution is 5.95. The van der Waals surface area contributed by atoms with Gasteiger partial charge < -0.3 is 14.8 Å². The average molecular weight is 287 g/mol. The lowest BCUT2D eigenvalue weighted by atomic mass is 10.1. The molecule has 4 nitrogen and oxygen atoms in total. The Kier molecular flexibility index (Phi) is 3.48. The van der Waals surface area contributed by atoms with Crippen molar-refractivity contribution in [2.24, 2.45) is 0 Å². The van der Waals surface area contributed by atoms with Crippen LogP contribution in [0.2, 0.25) is 0 Å². The Morgan fingerprint density at radius 2 is 1.81 bits per heavy atom. The molecule has 1 aliphatic rings. The molecule has 2 atom stereocenters. The van der Waals surface area contributed by atoms with Gasteiger partial charge in [-0.2, -0.15) is 0 Å². The molecule has 1 amide bonds. The molecule has 2 aromatic carbocycles. The van der Waals surface area contributed by atoms with Gasteiger partial charge in [0.2, 0.25) is 6.10 Å². The second kappa shape index (κ2) is 5.44. The van der Waals surface area contributed by atoms with Gasteiger partial charge in [-0.15, -0.1) is 0 Å². The summed E-state index contributed by atoms with van der Waals surface area (Å²) in [6.45, 7) is 1.76. The number of rotatable bonds is 2. The van der Waals surface area contributed by atoms with Crippen LogP contribution in [0.1, 0.15) is 6.92 Å². The van der Waals surface area contributed by atoms with E-state index in [1.54, 1.807) is 31.2 Å². The van der Waals surface area contributed by atoms with Crippen LogP contribution >= 0.6 is 0 Å². The molecule has 108 valence electrons. The quantitative estimate of drug-likeness (QED) is 0.923. The van der Waals surface area contributed by atoms with Gasteiger partial charge in [-0.05, 0) is 37.3 Å². The first-order valence-electron chi connectivity index (χ1n) is 6.62. The van der Waals surface area contributed by atoms with Crippen LogP contribution < -0.4 is 14.8 Å². The van der Waals surface area contributed by atoms with E-state index in [0.717, 1.165) is 0 Å². The molecule has 2 aromatic rings. The van der Waals surface area contributed by atoms with Crippen LogP contribution in [-0.2, 0) is 4.79 Å². The van der Waals surface area contributed by atoms with Gasteiger partial charge in [0.25, 0.3) is 5.91 Å². The van der Waals surface area contributed by atoms with Crippen molar-refractivity contribution in [2.45, 2.75) is 19.1 Å². The molecule has 5 heteroatoms. The van der Waals surface area contributed by atoms with E-state index in [2.05, 4.69) is 5.32 Å². The lowest BCUT2D eigenvalue weighted by Crippen LogP contribution is -2.46. The van der Waals surface area contributed by atoms with Gasteiger partial charge in [-0.25, -0.2) is 4.39 Å². The first-order chi connectivity index (χ1) is 10.1. The Morgan fingerprint density at radius 1 is 1.10 bits per heavy atom. The van der Waals surface area contributed by atoms with Crippen LogP contribution in [0, 0.1) is 5.82 Å². The van der Waals surface area contributed by atoms with E-state index >= 15 is 0 Å². The summed E-state index contributed by atoms with van der Waals surface area (Å²) in [4.78, 5) is 12.3. The molecule has 1 aliphatic heterocycles. The first kappa shape index (κ1) is 13.4. The lowest BCUT2D eigenvalue weighted by Gasteiger charge is -2.31. The molecule has 1 heterocycles. The SMILES string of the molecule is C[C@H]1Oc2ccccc2O[C@H]1C(=O)Nc1cccc(F)c1. The van der Waals surface area contributed by atoms with Crippen molar-refractivity contribution in [3.8, 4) is 11.5 Å². The predicted octanol–water partition coefficient (Wildman–Crippen LogP) is 2.99. The zero-order valence-corrected chi connectivity index (χ0v) is 11.4. The molecule has 0 aliphatic carbocycles. The summed E-state index contributed by atoms with van der Waals surface area (Å²) < 4.78 is 24.5. The van der Waals surface area contributed by atoms with Gasteiger partial charge in [0, 0.05) is 5.69 Å². The number of hydrogen-bond donors (Lipinski definition) is 1. The van der Waals surface area contributed by atoms with Gasteiger partial charge in [-0.3, -0.25) is 4.79 Å². The van der Waals surface area contributed by atoms with E-state index in [1.807, 2.05) is 6.07 Å². The number of hydrogen-bond acceptors (Lipinski definition) is 3. The molecule has 0 radical (unpaired) electrons. The third-order valence-electron chi connectivity index (χ3n) is 3.19. The van der Waals surface area contributed by atoms with E-state index in [4.69, 9.17) is 9.47 Å². The van der Waals surface area contributed by atoms with E-state index in [1.165, 1.54) is 18.2 Å². The van der Waals surface area contributed by atoms with Crippen LogP contribution in [0.3, 0.4) is 0 Å². The second-order valence-electron chi connectivity index (χ2n) is 4.81. The Balaban J connectivity index is 1.76. The summed E-state index contributed by atoms with van der Waals surface area (Å²) in [6, 6.07) is 12.9. The topological polar surface area (TPSA) is 47.6 Å². The molecule has 1 N–H and O–H groups in total. The third-order valence-corrected chi connectivity index (χ3v) is 3.19. The Bertz CT molecular complexity index is 674. The van der Waals surface area contributed by atoms with Crippen molar-refractivity contribution in [1.29, 1.82) is 0 Å². The highest BCUT2D eigenvalue weighted by Gasteiger charge is 2.34. The predicted molar refractivity (Wildman–Crippen MR) is 76.0 cm³/mol. The largest absolute Gasteiger partial charge is 0.482 e. The number of para-hydroxylation sites is 2. The summed E-state index contributed by atoms with van der Waals surface area (Å²) in [5, 5.41) is 2.63. The molecule has 0 saturated carbocycles. The van der Waals surface area contributed by atoms with E-state index in [0.29, 0.717) is 17.2 Å². The fourth-order valence-electron chi connectivity index (χ4n) is 2.19. The summed E-state index contributed by atoms with van der Waals surface area (Å²) >= 11 is 0. The number of amides is 1. The molecule has 0 spiro atoms. The van der Waals surface area contributed by atoms with Crippen LogP contribution in [-0.4, -0.2) is 18.1 Å². The van der Waals surface area contributed by atoms with E-state index in [-0.39, 0.29) is 5.91 Å². The molecule has 3 rings (SSSR count). The van der Waals surface area contributed by atoms with E-state index in [9.17, 15) is 9.18 Å². The van der Waals surface area contributed by atoms with Crippen molar-refractivity contribution in [2.75, 3.05) is 5.32 Å². The molecule has 0 bridgehead atoms. The fraction of sp³-hybridized carbons (Fsp3) is 0.188. The second-order valence-corrected chi connectivity index (χ2v) is 4.81. The molecule has 0 unspecified atom stereocenters. The minimum absolute atomic E-state index is 0.373. The average Bonchev–Trinajstić information content (AvgIpc) is 2.46. The van der Waals surface area contributed by atoms with E-state index < -0.39 is 18.0 Å². The normalized spacial score (nSPS) is 19.9. The molecular weight excluding hydrogens is 273 g/mol. The summed E-state index contributed by atoms with van der Waals surface area (Å²) in [7, 11) is 0. The summed E-state index contributed by atoms with van der Waals surface area (Å²) in [6.07, 6.45) is -1.23. The number of ether oxygens (including phenoxy) is 2. The maximum absolute atomic E-state index is 13.1. The Morgan fingerprint density at radius 3 is 2.52 bits per heavy atom. The third kappa shape index (κ3) is 2.81. The smallest absolute Gasteiger partial charge is 0.269 e. The molecule has 0 saturated heterocycles. The van der Waals surface area contributed by atoms with Crippen LogP contribution in [0.15, 0.2) is 48.5 Å². The minimum atomic E-state index is -0.789. The highest BCUT2D eigenvalue weighted by Crippen LogP contribution is 2.33. The number of fused-ring (bicyclic) bond motifs is 1. The zero-order chi connectivity index (χ0) is 14.8.